The van der Waals surface area contributed by atoms with E-state index in [1.54, 1.807) is 12.1 Å². The molecule has 0 aliphatic heterocycles. The molecule has 2 N–H and O–H groups in total. The summed E-state index contributed by atoms with van der Waals surface area (Å²) in [5, 5.41) is 11.4. The molecule has 0 saturated carbocycles. The molecule has 2 aromatic rings. The third-order valence-electron chi connectivity index (χ3n) is 2.41. The number of carbonyl (C=O) groups is 2. The predicted octanol–water partition coefficient (Wildman–Crippen LogP) is 2.51. The molecule has 5 nitrogen and oxygen atoms in total. The fourth-order valence-electron chi connectivity index (χ4n) is 1.50. The van der Waals surface area contributed by atoms with Gasteiger partial charge in [0.15, 0.2) is 0 Å². The number of carboxylic acids is 1. The number of hydrogen-bond donors (Lipinski definition) is 2. The van der Waals surface area contributed by atoms with Gasteiger partial charge in [-0.15, -0.1) is 0 Å². The summed E-state index contributed by atoms with van der Waals surface area (Å²) in [6.45, 7) is 0.150. The molecular weight excluding hydrogens is 361 g/mol. The lowest BCUT2D eigenvalue weighted by Gasteiger charge is -2.05. The molecular formula is C13H10INO4. The third-order valence-corrected chi connectivity index (χ3v) is 3.35. The third kappa shape index (κ3) is 3.34. The average Bonchev–Trinajstić information content (AvgIpc) is 2.85. The van der Waals surface area contributed by atoms with Crippen molar-refractivity contribution >= 4 is 34.5 Å². The van der Waals surface area contributed by atoms with Crippen LogP contribution in [-0.2, 0) is 6.54 Å². The van der Waals surface area contributed by atoms with Gasteiger partial charge in [-0.25, -0.2) is 4.79 Å². The maximum atomic E-state index is 11.9. The molecule has 1 aromatic heterocycles. The van der Waals surface area contributed by atoms with Crippen LogP contribution in [0.25, 0.3) is 0 Å². The second-order valence-corrected chi connectivity index (χ2v) is 4.90. The fourth-order valence-corrected chi connectivity index (χ4v) is 2.13. The highest BCUT2D eigenvalue weighted by Gasteiger charge is 2.11. The molecule has 2 rings (SSSR count). The first-order valence-electron chi connectivity index (χ1n) is 5.42. The van der Waals surface area contributed by atoms with Crippen LogP contribution < -0.4 is 5.32 Å². The first kappa shape index (κ1) is 13.6. The van der Waals surface area contributed by atoms with E-state index >= 15 is 0 Å². The van der Waals surface area contributed by atoms with Crippen LogP contribution in [0.1, 0.15) is 26.7 Å². The van der Waals surface area contributed by atoms with Gasteiger partial charge in [0.05, 0.1) is 12.1 Å². The number of amides is 1. The Morgan fingerprint density at radius 2 is 1.95 bits per heavy atom. The molecule has 0 radical (unpaired) electrons. The van der Waals surface area contributed by atoms with Gasteiger partial charge in [0.25, 0.3) is 5.91 Å². The van der Waals surface area contributed by atoms with Gasteiger partial charge in [0, 0.05) is 3.57 Å². The first-order chi connectivity index (χ1) is 9.08. The molecule has 0 spiro atoms. The molecule has 0 atom stereocenters. The summed E-state index contributed by atoms with van der Waals surface area (Å²) in [6.07, 6.45) is 0. The van der Waals surface area contributed by atoms with E-state index in [1.165, 1.54) is 12.1 Å². The van der Waals surface area contributed by atoms with Crippen molar-refractivity contribution in [2.24, 2.45) is 0 Å². The van der Waals surface area contributed by atoms with Crippen LogP contribution in [-0.4, -0.2) is 17.0 Å². The minimum Gasteiger partial charge on any atom is -0.475 e. The molecule has 0 aliphatic carbocycles. The molecule has 6 heteroatoms. The second-order valence-electron chi connectivity index (χ2n) is 3.73. The highest BCUT2D eigenvalue weighted by molar-refractivity contribution is 14.1. The van der Waals surface area contributed by atoms with Crippen LogP contribution in [0.3, 0.4) is 0 Å². The van der Waals surface area contributed by atoms with Crippen LogP contribution in [0.2, 0.25) is 0 Å². The standard InChI is InChI=1S/C13H10INO4/c14-10-4-2-1-3-9(10)12(16)15-7-8-5-6-11(19-8)13(17)18/h1-6H,7H2,(H,15,16)(H,17,18). The van der Waals surface area contributed by atoms with Gasteiger partial charge in [-0.1, -0.05) is 12.1 Å². The number of hydrogen-bond acceptors (Lipinski definition) is 3. The summed E-state index contributed by atoms with van der Waals surface area (Å²) >= 11 is 2.08. The van der Waals surface area contributed by atoms with Gasteiger partial charge in [0.2, 0.25) is 5.76 Å². The van der Waals surface area contributed by atoms with E-state index in [-0.39, 0.29) is 18.2 Å². The lowest BCUT2D eigenvalue weighted by molar-refractivity contribution is 0.0660. The molecule has 1 aromatic carbocycles. The molecule has 0 bridgehead atoms. The number of carboxylic acid groups (broad SMARTS) is 1. The van der Waals surface area contributed by atoms with E-state index < -0.39 is 5.97 Å². The monoisotopic (exact) mass is 371 g/mol. The van der Waals surface area contributed by atoms with Crippen molar-refractivity contribution < 1.29 is 19.1 Å². The Kier molecular flexibility index (Phi) is 4.20. The molecule has 1 amide bonds. The van der Waals surface area contributed by atoms with Gasteiger partial charge < -0.3 is 14.8 Å². The molecule has 0 saturated heterocycles. The zero-order chi connectivity index (χ0) is 13.8. The van der Waals surface area contributed by atoms with Gasteiger partial charge in [0.1, 0.15) is 5.76 Å². The molecule has 1 heterocycles. The SMILES string of the molecule is O=C(O)c1ccc(CNC(=O)c2ccccc2I)o1. The van der Waals surface area contributed by atoms with Crippen molar-refractivity contribution in [3.8, 4) is 0 Å². The highest BCUT2D eigenvalue weighted by Crippen LogP contribution is 2.12. The molecule has 0 aliphatic rings. The van der Waals surface area contributed by atoms with Crippen LogP contribution in [0.4, 0.5) is 0 Å². The van der Waals surface area contributed by atoms with E-state index in [0.29, 0.717) is 11.3 Å². The number of halogens is 1. The van der Waals surface area contributed by atoms with Crippen LogP contribution in [0, 0.1) is 3.57 Å². The minimum absolute atomic E-state index is 0.140. The Hall–Kier alpha value is -1.83. The van der Waals surface area contributed by atoms with Gasteiger partial charge in [-0.05, 0) is 46.9 Å². The predicted molar refractivity (Wildman–Crippen MR) is 76.0 cm³/mol. The van der Waals surface area contributed by atoms with Crippen molar-refractivity contribution in [2.45, 2.75) is 6.54 Å². The van der Waals surface area contributed by atoms with Crippen LogP contribution in [0.5, 0.6) is 0 Å². The maximum absolute atomic E-state index is 11.9. The Bertz CT molecular complexity index is 621. The van der Waals surface area contributed by atoms with Crippen molar-refractivity contribution in [1.82, 2.24) is 5.32 Å². The fraction of sp³-hybridized carbons (Fsp3) is 0.0769. The van der Waals surface area contributed by atoms with Crippen molar-refractivity contribution in [3.63, 3.8) is 0 Å². The van der Waals surface area contributed by atoms with Crippen LogP contribution >= 0.6 is 22.6 Å². The van der Waals surface area contributed by atoms with Crippen molar-refractivity contribution in [1.29, 1.82) is 0 Å². The van der Waals surface area contributed by atoms with Crippen molar-refractivity contribution in [2.75, 3.05) is 0 Å². The minimum atomic E-state index is -1.13. The lowest BCUT2D eigenvalue weighted by atomic mass is 10.2. The van der Waals surface area contributed by atoms with E-state index in [9.17, 15) is 9.59 Å². The Labute approximate surface area is 122 Å². The van der Waals surface area contributed by atoms with E-state index in [4.69, 9.17) is 9.52 Å². The van der Waals surface area contributed by atoms with Gasteiger partial charge >= 0.3 is 5.97 Å². The van der Waals surface area contributed by atoms with E-state index in [0.717, 1.165) is 3.57 Å². The van der Waals surface area contributed by atoms with Gasteiger partial charge in [-0.2, -0.15) is 0 Å². The number of carbonyl (C=O) groups excluding carboxylic acids is 1. The summed E-state index contributed by atoms with van der Waals surface area (Å²) < 4.78 is 5.90. The Morgan fingerprint density at radius 1 is 1.21 bits per heavy atom. The number of aromatic carboxylic acids is 1. The molecule has 98 valence electrons. The van der Waals surface area contributed by atoms with Crippen LogP contribution in [0.15, 0.2) is 40.8 Å². The quantitative estimate of drug-likeness (QED) is 0.810. The topological polar surface area (TPSA) is 79.5 Å². The number of rotatable bonds is 4. The number of benzene rings is 1. The largest absolute Gasteiger partial charge is 0.475 e. The average molecular weight is 371 g/mol. The normalized spacial score (nSPS) is 10.2. The summed E-state index contributed by atoms with van der Waals surface area (Å²) in [6, 6.07) is 10.1. The summed E-state index contributed by atoms with van der Waals surface area (Å²) in [5.74, 6) is -1.09. The zero-order valence-corrected chi connectivity index (χ0v) is 11.9. The number of nitrogens with one attached hydrogen (secondary N) is 1. The zero-order valence-electron chi connectivity index (χ0n) is 9.72. The Balaban J connectivity index is 2.00. The second kappa shape index (κ2) is 5.87. The molecule has 19 heavy (non-hydrogen) atoms. The maximum Gasteiger partial charge on any atom is 0.371 e. The smallest absolute Gasteiger partial charge is 0.371 e. The summed E-state index contributed by atoms with van der Waals surface area (Å²) in [5.41, 5.74) is 0.577. The summed E-state index contributed by atoms with van der Waals surface area (Å²) in [7, 11) is 0. The highest BCUT2D eigenvalue weighted by atomic mass is 127. The van der Waals surface area contributed by atoms with E-state index in [1.807, 2.05) is 12.1 Å². The number of furan rings is 1. The molecule has 0 unspecified atom stereocenters. The van der Waals surface area contributed by atoms with Gasteiger partial charge in [-0.3, -0.25) is 4.79 Å². The summed E-state index contributed by atoms with van der Waals surface area (Å²) in [4.78, 5) is 22.5. The Morgan fingerprint density at radius 3 is 2.58 bits per heavy atom. The van der Waals surface area contributed by atoms with E-state index in [2.05, 4.69) is 27.9 Å². The molecule has 0 fully saturated rings. The van der Waals surface area contributed by atoms with Crippen molar-refractivity contribution in [3.05, 3.63) is 57.1 Å². The first-order valence-corrected chi connectivity index (χ1v) is 6.50. The lowest BCUT2D eigenvalue weighted by Crippen LogP contribution is -2.23.